The lowest BCUT2D eigenvalue weighted by atomic mass is 10.0. The average molecular weight is 471 g/mol. The van der Waals surface area contributed by atoms with Crippen molar-refractivity contribution in [2.45, 2.75) is 60.8 Å². The van der Waals surface area contributed by atoms with Crippen molar-refractivity contribution in [1.29, 1.82) is 0 Å². The fourth-order valence-electron chi connectivity index (χ4n) is 3.50. The summed E-state index contributed by atoms with van der Waals surface area (Å²) in [5.74, 6) is -0.554. The molecule has 0 bridgehead atoms. The van der Waals surface area contributed by atoms with Gasteiger partial charge in [0.1, 0.15) is 11.9 Å². The van der Waals surface area contributed by atoms with Crippen LogP contribution in [0.15, 0.2) is 29.2 Å². The van der Waals surface area contributed by atoms with Gasteiger partial charge in [0, 0.05) is 18.0 Å². The highest BCUT2D eigenvalue weighted by Gasteiger charge is 2.51. The van der Waals surface area contributed by atoms with E-state index in [1.54, 1.807) is 13.8 Å². The van der Waals surface area contributed by atoms with Gasteiger partial charge in [-0.2, -0.15) is 13.2 Å². The number of sulfonamides is 1. The minimum atomic E-state index is -4.36. The first kappa shape index (κ1) is 24.8. The summed E-state index contributed by atoms with van der Waals surface area (Å²) in [4.78, 5) is 12.2. The molecule has 0 unspecified atom stereocenters. The summed E-state index contributed by atoms with van der Waals surface area (Å²) in [6.45, 7) is 3.42. The molecule has 1 aromatic rings. The van der Waals surface area contributed by atoms with E-state index in [0.29, 0.717) is 18.6 Å². The molecule has 2 rings (SSSR count). The standard InChI is InChI=1S/C18H25F3N2O5S2/c1-3-17(4-2,16(24)22-25)30(26,27)23-11-9-14(10-12-23)28-13-5-7-15(8-6-13)29-18(19,20)21/h5-8,14,25H,3-4,9-12H2,1-2H3,(H,22,24). The van der Waals surface area contributed by atoms with E-state index in [0.717, 1.165) is 0 Å². The van der Waals surface area contributed by atoms with Gasteiger partial charge in [0.25, 0.3) is 5.91 Å². The maximum atomic E-state index is 13.1. The summed E-state index contributed by atoms with van der Waals surface area (Å²) in [7, 11) is -4.02. The number of hydroxylamine groups is 1. The average Bonchev–Trinajstić information content (AvgIpc) is 2.69. The Morgan fingerprint density at radius 1 is 1.20 bits per heavy atom. The number of benzene rings is 1. The van der Waals surface area contributed by atoms with Crippen LogP contribution in [0.3, 0.4) is 0 Å². The van der Waals surface area contributed by atoms with Gasteiger partial charge in [0.2, 0.25) is 10.0 Å². The van der Waals surface area contributed by atoms with Crippen LogP contribution in [0, 0.1) is 0 Å². The van der Waals surface area contributed by atoms with Gasteiger partial charge in [-0.25, -0.2) is 18.2 Å². The summed E-state index contributed by atoms with van der Waals surface area (Å²) < 4.78 is 68.7. The minimum Gasteiger partial charge on any atom is -0.490 e. The number of hydrogen-bond donors (Lipinski definition) is 2. The molecule has 1 saturated heterocycles. The number of nitrogens with zero attached hydrogens (tertiary/aromatic N) is 1. The molecule has 1 amide bonds. The van der Waals surface area contributed by atoms with Crippen LogP contribution >= 0.6 is 11.8 Å². The molecular formula is C18H25F3N2O5S2. The lowest BCUT2D eigenvalue weighted by Gasteiger charge is -2.38. The monoisotopic (exact) mass is 470 g/mol. The SMILES string of the molecule is CCC(CC)(C(=O)NO)S(=O)(=O)N1CCC(Oc2ccc(SC(F)(F)F)cc2)CC1. The normalized spacial score (nSPS) is 17.0. The van der Waals surface area contributed by atoms with Crippen molar-refractivity contribution < 1.29 is 36.3 Å². The molecule has 0 radical (unpaired) electrons. The number of nitrogens with one attached hydrogen (secondary N) is 1. The second kappa shape index (κ2) is 9.75. The molecular weight excluding hydrogens is 445 g/mol. The van der Waals surface area contributed by atoms with Crippen LogP contribution in [0.5, 0.6) is 5.75 Å². The number of ether oxygens (including phenoxy) is 1. The Balaban J connectivity index is 2.01. The van der Waals surface area contributed by atoms with Gasteiger partial charge in [-0.15, -0.1) is 0 Å². The summed E-state index contributed by atoms with van der Waals surface area (Å²) in [6.07, 6.45) is 0.445. The molecule has 0 spiro atoms. The molecule has 1 aliphatic heterocycles. The van der Waals surface area contributed by atoms with Crippen LogP contribution in [0.2, 0.25) is 0 Å². The number of amides is 1. The molecule has 2 N–H and O–H groups in total. The smallest absolute Gasteiger partial charge is 0.446 e. The molecule has 170 valence electrons. The predicted molar refractivity (Wildman–Crippen MR) is 106 cm³/mol. The molecule has 0 atom stereocenters. The van der Waals surface area contributed by atoms with Crippen molar-refractivity contribution >= 4 is 27.7 Å². The van der Waals surface area contributed by atoms with E-state index in [2.05, 4.69) is 0 Å². The van der Waals surface area contributed by atoms with Crippen molar-refractivity contribution in [2.75, 3.05) is 13.1 Å². The number of thioether (sulfide) groups is 1. The van der Waals surface area contributed by atoms with Crippen LogP contribution in [-0.4, -0.2) is 53.3 Å². The topological polar surface area (TPSA) is 95.9 Å². The Hall–Kier alpha value is -1.50. The van der Waals surface area contributed by atoms with E-state index < -0.39 is 26.2 Å². The van der Waals surface area contributed by atoms with Gasteiger partial charge >= 0.3 is 5.51 Å². The van der Waals surface area contributed by atoms with E-state index in [1.165, 1.54) is 34.1 Å². The van der Waals surface area contributed by atoms with Crippen molar-refractivity contribution in [3.05, 3.63) is 24.3 Å². The number of halogens is 3. The molecule has 0 aliphatic carbocycles. The maximum absolute atomic E-state index is 13.1. The second-order valence-corrected chi connectivity index (χ2v) is 10.3. The Morgan fingerprint density at radius 3 is 2.17 bits per heavy atom. The number of piperidine rings is 1. The molecule has 12 heteroatoms. The van der Waals surface area contributed by atoms with Crippen molar-refractivity contribution in [3.63, 3.8) is 0 Å². The van der Waals surface area contributed by atoms with Crippen molar-refractivity contribution in [3.8, 4) is 5.75 Å². The Morgan fingerprint density at radius 2 is 1.73 bits per heavy atom. The van der Waals surface area contributed by atoms with Crippen LogP contribution in [0.1, 0.15) is 39.5 Å². The van der Waals surface area contributed by atoms with E-state index in [-0.39, 0.29) is 48.7 Å². The minimum absolute atomic E-state index is 0.0109. The molecule has 1 heterocycles. The first-order valence-corrected chi connectivity index (χ1v) is 11.7. The highest BCUT2D eigenvalue weighted by Crippen LogP contribution is 2.37. The Kier molecular flexibility index (Phi) is 8.05. The summed E-state index contributed by atoms with van der Waals surface area (Å²) in [5.41, 5.74) is -2.89. The second-order valence-electron chi connectivity index (χ2n) is 6.88. The maximum Gasteiger partial charge on any atom is 0.446 e. The zero-order valence-electron chi connectivity index (χ0n) is 16.6. The number of hydrogen-bond acceptors (Lipinski definition) is 6. The lowest BCUT2D eigenvalue weighted by Crippen LogP contribution is -2.58. The third-order valence-corrected chi connectivity index (χ3v) is 8.79. The highest BCUT2D eigenvalue weighted by atomic mass is 32.2. The van der Waals surface area contributed by atoms with Gasteiger partial charge in [0.15, 0.2) is 4.75 Å². The molecule has 0 aromatic heterocycles. The summed E-state index contributed by atoms with van der Waals surface area (Å²) >= 11 is -0.210. The molecule has 1 fully saturated rings. The van der Waals surface area contributed by atoms with Gasteiger partial charge in [-0.05, 0) is 61.7 Å². The zero-order chi connectivity index (χ0) is 22.6. The van der Waals surface area contributed by atoms with Crippen LogP contribution in [-0.2, 0) is 14.8 Å². The van der Waals surface area contributed by atoms with E-state index in [4.69, 9.17) is 9.94 Å². The van der Waals surface area contributed by atoms with Crippen molar-refractivity contribution in [2.24, 2.45) is 0 Å². The van der Waals surface area contributed by atoms with Gasteiger partial charge < -0.3 is 4.74 Å². The first-order valence-electron chi connectivity index (χ1n) is 9.45. The number of carbonyl (C=O) groups is 1. The van der Waals surface area contributed by atoms with Crippen LogP contribution in [0.4, 0.5) is 13.2 Å². The predicted octanol–water partition coefficient (Wildman–Crippen LogP) is 3.54. The van der Waals surface area contributed by atoms with E-state index >= 15 is 0 Å². The fourth-order valence-corrected chi connectivity index (χ4v) is 6.24. The zero-order valence-corrected chi connectivity index (χ0v) is 18.2. The molecule has 0 saturated carbocycles. The third-order valence-electron chi connectivity index (χ3n) is 5.25. The number of alkyl halides is 3. The van der Waals surface area contributed by atoms with Crippen LogP contribution in [0.25, 0.3) is 0 Å². The highest BCUT2D eigenvalue weighted by molar-refractivity contribution is 8.00. The molecule has 30 heavy (non-hydrogen) atoms. The summed E-state index contributed by atoms with van der Waals surface area (Å²) in [5, 5.41) is 9.02. The summed E-state index contributed by atoms with van der Waals surface area (Å²) in [6, 6.07) is 5.53. The molecule has 1 aliphatic rings. The molecule has 7 nitrogen and oxygen atoms in total. The quantitative estimate of drug-likeness (QED) is 0.343. The third kappa shape index (κ3) is 5.40. The Bertz CT molecular complexity index is 819. The first-order chi connectivity index (χ1) is 14.0. The van der Waals surface area contributed by atoms with Gasteiger partial charge in [-0.3, -0.25) is 10.0 Å². The largest absolute Gasteiger partial charge is 0.490 e. The van der Waals surface area contributed by atoms with E-state index in [1.807, 2.05) is 0 Å². The lowest BCUT2D eigenvalue weighted by molar-refractivity contribution is -0.132. The Labute approximate surface area is 178 Å². The number of rotatable bonds is 8. The molecule has 1 aromatic carbocycles. The van der Waals surface area contributed by atoms with Crippen molar-refractivity contribution in [1.82, 2.24) is 9.79 Å². The van der Waals surface area contributed by atoms with Crippen LogP contribution < -0.4 is 10.2 Å². The fraction of sp³-hybridized carbons (Fsp3) is 0.611. The van der Waals surface area contributed by atoms with Gasteiger partial charge in [-0.1, -0.05) is 13.8 Å². The van der Waals surface area contributed by atoms with E-state index in [9.17, 15) is 26.4 Å². The number of carbonyl (C=O) groups excluding carboxylic acids is 1. The van der Waals surface area contributed by atoms with Gasteiger partial charge in [0.05, 0.1) is 0 Å².